The third-order valence-electron chi connectivity index (χ3n) is 2.00. The molecule has 0 radical (unpaired) electrons. The van der Waals surface area contributed by atoms with Crippen molar-refractivity contribution in [1.29, 1.82) is 0 Å². The second-order valence-corrected chi connectivity index (χ2v) is 2.87. The second kappa shape index (κ2) is 2.66. The van der Waals surface area contributed by atoms with Crippen molar-refractivity contribution in [3.8, 4) is 0 Å². The maximum Gasteiger partial charge on any atom is 0.336 e. The molecule has 0 aliphatic carbocycles. The lowest BCUT2D eigenvalue weighted by atomic mass is 10.3. The fourth-order valence-electron chi connectivity index (χ4n) is 1.37. The van der Waals surface area contributed by atoms with Gasteiger partial charge in [-0.05, 0) is 0 Å². The van der Waals surface area contributed by atoms with Crippen LogP contribution >= 0.6 is 0 Å². The van der Waals surface area contributed by atoms with Crippen molar-refractivity contribution in [3.63, 3.8) is 0 Å². The maximum absolute atomic E-state index is 11.2. The molecule has 2 rings (SSSR count). The Morgan fingerprint density at radius 1 is 1.50 bits per heavy atom. The summed E-state index contributed by atoms with van der Waals surface area (Å²) in [6.07, 6.45) is 2.59. The van der Waals surface area contributed by atoms with Gasteiger partial charge in [0.2, 0.25) is 11.8 Å². The van der Waals surface area contributed by atoms with Crippen LogP contribution in [-0.2, 0) is 7.05 Å². The Kier molecular flexibility index (Phi) is 1.60. The van der Waals surface area contributed by atoms with Crippen LogP contribution in [0.5, 0.6) is 0 Å². The molecule has 0 atom stereocenters. The van der Waals surface area contributed by atoms with Crippen LogP contribution < -0.4 is 10.1 Å². The molecule has 0 spiro atoms. The van der Waals surface area contributed by atoms with Gasteiger partial charge in [-0.15, -0.1) is 0 Å². The van der Waals surface area contributed by atoms with Crippen molar-refractivity contribution >= 4 is 16.7 Å². The van der Waals surface area contributed by atoms with Crippen molar-refractivity contribution in [2.75, 3.05) is 0 Å². The zero-order valence-electron chi connectivity index (χ0n) is 7.27. The summed E-state index contributed by atoms with van der Waals surface area (Å²) in [4.78, 5) is 26.3. The van der Waals surface area contributed by atoms with Gasteiger partial charge < -0.3 is 4.98 Å². The molecule has 2 heterocycles. The van der Waals surface area contributed by atoms with Gasteiger partial charge in [-0.3, -0.25) is 14.9 Å². The fourth-order valence-corrected chi connectivity index (χ4v) is 1.37. The summed E-state index contributed by atoms with van der Waals surface area (Å²) in [5.74, 6) is 0. The number of hydrogen-bond donors (Lipinski definition) is 2. The van der Waals surface area contributed by atoms with Crippen LogP contribution in [0.25, 0.3) is 11.0 Å². The van der Waals surface area contributed by atoms with Gasteiger partial charge in [-0.1, -0.05) is 0 Å². The van der Waals surface area contributed by atoms with Gasteiger partial charge in [0.05, 0.1) is 18.2 Å². The minimum Gasteiger partial charge on any atom is -0.319 e. The van der Waals surface area contributed by atoms with Crippen molar-refractivity contribution in [1.82, 2.24) is 9.97 Å². The largest absolute Gasteiger partial charge is 0.336 e. The number of rotatable bonds is 1. The van der Waals surface area contributed by atoms with E-state index in [-0.39, 0.29) is 16.8 Å². The van der Waals surface area contributed by atoms with Crippen LogP contribution in [0.15, 0.2) is 17.3 Å². The average Bonchev–Trinajstić information content (AvgIpc) is 2.50. The average molecular weight is 195 g/mol. The molecule has 14 heavy (non-hydrogen) atoms. The number of imidazole rings is 1. The quantitative estimate of drug-likeness (QED) is 0.367. The number of nitrogens with one attached hydrogen (secondary N) is 2. The summed E-state index contributed by atoms with van der Waals surface area (Å²) >= 11 is 0. The lowest BCUT2D eigenvalue weighted by Gasteiger charge is -1.90. The summed E-state index contributed by atoms with van der Waals surface area (Å²) in [5.41, 5.74) is 0.00926. The van der Waals surface area contributed by atoms with E-state index in [0.717, 1.165) is 6.20 Å². The van der Waals surface area contributed by atoms with E-state index in [0.29, 0.717) is 5.52 Å². The first-order valence-electron chi connectivity index (χ1n) is 3.84. The molecule has 2 aromatic heterocycles. The predicted molar refractivity (Wildman–Crippen MR) is 46.7 cm³/mol. The molecule has 0 aliphatic rings. The minimum absolute atomic E-state index is 0.122. The Hall–Kier alpha value is -2.18. The first-order chi connectivity index (χ1) is 6.61. The third kappa shape index (κ3) is 0.987. The van der Waals surface area contributed by atoms with E-state index in [1.165, 1.54) is 10.9 Å². The summed E-state index contributed by atoms with van der Waals surface area (Å²) < 4.78 is 1.50. The van der Waals surface area contributed by atoms with Crippen LogP contribution in [0.1, 0.15) is 0 Å². The number of hydrogen-bond acceptors (Lipinski definition) is 3. The Morgan fingerprint density at radius 3 is 2.86 bits per heavy atom. The highest BCUT2D eigenvalue weighted by atomic mass is 16.6. The highest BCUT2D eigenvalue weighted by Crippen LogP contribution is 2.15. The molecule has 0 aliphatic heterocycles. The van der Waals surface area contributed by atoms with Crippen LogP contribution in [0, 0.1) is 10.1 Å². The fraction of sp³-hybridized carbons (Fsp3) is 0.143. The van der Waals surface area contributed by atoms with Gasteiger partial charge in [0.25, 0.3) is 11.1 Å². The van der Waals surface area contributed by atoms with Gasteiger partial charge >= 0.3 is 5.69 Å². The molecule has 0 unspecified atom stereocenters. The van der Waals surface area contributed by atoms with E-state index < -0.39 is 4.92 Å². The first kappa shape index (κ1) is 8.42. The Morgan fingerprint density at radius 2 is 2.21 bits per heavy atom. The molecular weight excluding hydrogens is 188 g/mol. The number of pyridine rings is 1. The molecule has 2 aromatic rings. The molecule has 0 saturated carbocycles. The van der Waals surface area contributed by atoms with E-state index in [1.54, 1.807) is 7.05 Å². The number of nitrogens with zero attached hydrogens (tertiary/aromatic N) is 2. The van der Waals surface area contributed by atoms with E-state index in [9.17, 15) is 14.9 Å². The van der Waals surface area contributed by atoms with Crippen LogP contribution in [0.2, 0.25) is 0 Å². The molecule has 2 N–H and O–H groups in total. The molecule has 0 amide bonds. The molecule has 7 nitrogen and oxygen atoms in total. The summed E-state index contributed by atoms with van der Waals surface area (Å²) in [5, 5.41) is 10.6. The molecule has 0 bridgehead atoms. The zero-order valence-corrected chi connectivity index (χ0v) is 7.27. The normalized spacial score (nSPS) is 10.6. The van der Waals surface area contributed by atoms with E-state index in [4.69, 9.17) is 0 Å². The SMILES string of the molecule is C[n+]1c[nH]c2c(=O)[nH]cc([N+](=O)[O-])c21. The number of aromatic amines is 2. The lowest BCUT2D eigenvalue weighted by molar-refractivity contribution is -0.646. The standard InChI is InChI=1S/C7H6N4O3/c1-10-3-9-5-6(10)4(11(13)14)2-8-7(5)12/h2-3H,1H3,(H,8,12)/p+1. The van der Waals surface area contributed by atoms with Crippen LogP contribution in [-0.4, -0.2) is 14.9 Å². The molecular formula is C7H7N4O3+. The molecule has 0 aromatic carbocycles. The second-order valence-electron chi connectivity index (χ2n) is 2.87. The molecule has 72 valence electrons. The smallest absolute Gasteiger partial charge is 0.319 e. The van der Waals surface area contributed by atoms with Gasteiger partial charge in [-0.25, -0.2) is 9.55 Å². The van der Waals surface area contributed by atoms with Gasteiger partial charge in [0.15, 0.2) is 0 Å². The monoisotopic (exact) mass is 195 g/mol. The highest BCUT2D eigenvalue weighted by Gasteiger charge is 2.22. The number of aromatic nitrogens is 3. The van der Waals surface area contributed by atoms with Gasteiger partial charge in [-0.2, -0.15) is 0 Å². The summed E-state index contributed by atoms with van der Waals surface area (Å²) in [6, 6.07) is 0. The Balaban J connectivity index is 3.00. The topological polar surface area (TPSA) is 95.7 Å². The lowest BCUT2D eigenvalue weighted by Crippen LogP contribution is -2.26. The number of nitro groups is 1. The van der Waals surface area contributed by atoms with Crippen LogP contribution in [0.3, 0.4) is 0 Å². The summed E-state index contributed by atoms with van der Waals surface area (Å²) in [6.45, 7) is 0. The van der Waals surface area contributed by atoms with Crippen LogP contribution in [0.4, 0.5) is 5.69 Å². The number of aryl methyl sites for hydroxylation is 1. The first-order valence-corrected chi connectivity index (χ1v) is 3.84. The van der Waals surface area contributed by atoms with Crippen molar-refractivity contribution in [2.45, 2.75) is 0 Å². The molecule has 0 fully saturated rings. The van der Waals surface area contributed by atoms with E-state index >= 15 is 0 Å². The Labute approximate surface area is 77.2 Å². The minimum atomic E-state index is -0.536. The zero-order chi connectivity index (χ0) is 10.3. The molecule has 7 heteroatoms. The predicted octanol–water partition coefficient (Wildman–Crippen LogP) is -0.411. The van der Waals surface area contributed by atoms with E-state index in [1.807, 2.05) is 0 Å². The van der Waals surface area contributed by atoms with Crippen molar-refractivity contribution in [3.05, 3.63) is 33.0 Å². The third-order valence-corrected chi connectivity index (χ3v) is 2.00. The van der Waals surface area contributed by atoms with Gasteiger partial charge in [0.1, 0.15) is 0 Å². The highest BCUT2D eigenvalue weighted by molar-refractivity contribution is 5.79. The van der Waals surface area contributed by atoms with Crippen molar-refractivity contribution in [2.24, 2.45) is 7.05 Å². The summed E-state index contributed by atoms with van der Waals surface area (Å²) in [7, 11) is 1.63. The maximum atomic E-state index is 11.2. The molecule has 0 saturated heterocycles. The number of H-pyrrole nitrogens is 2. The van der Waals surface area contributed by atoms with E-state index in [2.05, 4.69) is 9.97 Å². The Bertz CT molecular complexity index is 568. The number of fused-ring (bicyclic) bond motifs is 1. The van der Waals surface area contributed by atoms with Crippen molar-refractivity contribution < 1.29 is 9.49 Å². The van der Waals surface area contributed by atoms with Gasteiger partial charge in [0, 0.05) is 0 Å².